The van der Waals surface area contributed by atoms with Crippen LogP contribution in [-0.4, -0.2) is 9.55 Å². The van der Waals surface area contributed by atoms with Gasteiger partial charge in [-0.25, -0.2) is 13.8 Å². The van der Waals surface area contributed by atoms with E-state index in [2.05, 4.69) is 36.8 Å². The van der Waals surface area contributed by atoms with E-state index in [0.717, 1.165) is 15.0 Å². The standard InChI is InChI=1S/C14H7Br2ClF2N2/c15-7-1-2-8(16)11(5-7)21-12(6-17)20-10-4-3-9(18)13(19)14(10)21/h1-5H,6H2. The number of benzene rings is 2. The summed E-state index contributed by atoms with van der Waals surface area (Å²) in [5.41, 5.74) is 1.06. The summed E-state index contributed by atoms with van der Waals surface area (Å²) in [6, 6.07) is 7.92. The van der Waals surface area contributed by atoms with Crippen LogP contribution < -0.4 is 0 Å². The molecule has 0 N–H and O–H groups in total. The zero-order valence-electron chi connectivity index (χ0n) is 10.4. The molecule has 2 aromatic carbocycles. The fourth-order valence-corrected chi connectivity index (χ4v) is 3.11. The molecule has 7 heteroatoms. The second-order valence-electron chi connectivity index (χ2n) is 4.32. The average Bonchev–Trinajstić information content (AvgIpc) is 2.84. The van der Waals surface area contributed by atoms with E-state index in [1.807, 2.05) is 6.07 Å². The zero-order valence-corrected chi connectivity index (χ0v) is 14.3. The highest BCUT2D eigenvalue weighted by Gasteiger charge is 2.19. The van der Waals surface area contributed by atoms with Crippen LogP contribution in [0.1, 0.15) is 5.82 Å². The van der Waals surface area contributed by atoms with Gasteiger partial charge >= 0.3 is 0 Å². The van der Waals surface area contributed by atoms with Crippen molar-refractivity contribution in [3.8, 4) is 5.69 Å². The second-order valence-corrected chi connectivity index (χ2v) is 6.36. The number of hydrogen-bond donors (Lipinski definition) is 0. The van der Waals surface area contributed by atoms with Crippen molar-refractivity contribution < 1.29 is 8.78 Å². The lowest BCUT2D eigenvalue weighted by Crippen LogP contribution is -2.02. The minimum absolute atomic E-state index is 0.0736. The Morgan fingerprint density at radius 3 is 2.62 bits per heavy atom. The second kappa shape index (κ2) is 5.66. The van der Waals surface area contributed by atoms with Crippen molar-refractivity contribution in [1.82, 2.24) is 9.55 Å². The molecule has 2 nitrogen and oxygen atoms in total. The van der Waals surface area contributed by atoms with Crippen molar-refractivity contribution in [2.75, 3.05) is 0 Å². The first kappa shape index (κ1) is 14.9. The van der Waals surface area contributed by atoms with Gasteiger partial charge in [0.1, 0.15) is 11.3 Å². The molecule has 0 bridgehead atoms. The molecule has 0 saturated carbocycles. The zero-order chi connectivity index (χ0) is 15.1. The van der Waals surface area contributed by atoms with Crippen LogP contribution in [0.25, 0.3) is 16.7 Å². The number of aromatic nitrogens is 2. The van der Waals surface area contributed by atoms with Crippen LogP contribution in [0.5, 0.6) is 0 Å². The van der Waals surface area contributed by atoms with Crippen LogP contribution in [-0.2, 0) is 5.88 Å². The Morgan fingerprint density at radius 1 is 1.14 bits per heavy atom. The van der Waals surface area contributed by atoms with Gasteiger partial charge in [-0.1, -0.05) is 15.9 Å². The van der Waals surface area contributed by atoms with E-state index in [9.17, 15) is 8.78 Å². The first-order chi connectivity index (χ1) is 10.0. The van der Waals surface area contributed by atoms with Gasteiger partial charge in [0.2, 0.25) is 0 Å². The van der Waals surface area contributed by atoms with E-state index in [-0.39, 0.29) is 11.4 Å². The molecule has 3 aromatic rings. The van der Waals surface area contributed by atoms with Crippen molar-refractivity contribution >= 4 is 54.5 Å². The maximum atomic E-state index is 14.2. The van der Waals surface area contributed by atoms with E-state index in [1.54, 1.807) is 12.1 Å². The smallest absolute Gasteiger partial charge is 0.185 e. The van der Waals surface area contributed by atoms with Crippen molar-refractivity contribution in [3.05, 3.63) is 56.7 Å². The van der Waals surface area contributed by atoms with E-state index < -0.39 is 11.6 Å². The van der Waals surface area contributed by atoms with E-state index in [4.69, 9.17) is 11.6 Å². The molecule has 0 aliphatic carbocycles. The Bertz CT molecular complexity index is 849. The van der Waals surface area contributed by atoms with Gasteiger partial charge in [-0.3, -0.25) is 4.57 Å². The predicted octanol–water partition coefficient (Wildman–Crippen LogP) is 5.57. The fraction of sp³-hybridized carbons (Fsp3) is 0.0714. The molecular weight excluding hydrogens is 429 g/mol. The summed E-state index contributed by atoms with van der Waals surface area (Å²) < 4.78 is 30.8. The average molecular weight is 436 g/mol. The van der Waals surface area contributed by atoms with Crippen LogP contribution in [0.4, 0.5) is 8.78 Å². The lowest BCUT2D eigenvalue weighted by molar-refractivity contribution is 0.514. The number of imidazole rings is 1. The maximum Gasteiger partial charge on any atom is 0.185 e. The Kier molecular flexibility index (Phi) is 4.03. The third-order valence-electron chi connectivity index (χ3n) is 3.05. The van der Waals surface area contributed by atoms with Crippen LogP contribution in [0.2, 0.25) is 0 Å². The molecule has 108 valence electrons. The van der Waals surface area contributed by atoms with Crippen LogP contribution in [0.15, 0.2) is 39.3 Å². The van der Waals surface area contributed by atoms with Crippen LogP contribution in [0, 0.1) is 11.6 Å². The lowest BCUT2D eigenvalue weighted by atomic mass is 10.2. The van der Waals surface area contributed by atoms with Crippen LogP contribution >= 0.6 is 43.5 Å². The van der Waals surface area contributed by atoms with Gasteiger partial charge in [0.15, 0.2) is 11.6 Å². The minimum atomic E-state index is -0.941. The number of halogens is 5. The minimum Gasteiger partial charge on any atom is -0.291 e. The van der Waals surface area contributed by atoms with Gasteiger partial charge in [0.25, 0.3) is 0 Å². The monoisotopic (exact) mass is 434 g/mol. The molecule has 0 aliphatic rings. The van der Waals surface area contributed by atoms with Gasteiger partial charge in [0.05, 0.1) is 17.1 Å². The summed E-state index contributed by atoms with van der Waals surface area (Å²) in [6.07, 6.45) is 0. The van der Waals surface area contributed by atoms with Gasteiger partial charge in [0, 0.05) is 8.95 Å². The highest BCUT2D eigenvalue weighted by Crippen LogP contribution is 2.32. The molecular formula is C14H7Br2ClF2N2. The SMILES string of the molecule is Fc1ccc2nc(CCl)n(-c3cc(Br)ccc3Br)c2c1F. The first-order valence-corrected chi connectivity index (χ1v) is 8.01. The van der Waals surface area contributed by atoms with Gasteiger partial charge < -0.3 is 0 Å². The fourth-order valence-electron chi connectivity index (χ4n) is 2.16. The number of nitrogens with zero attached hydrogens (tertiary/aromatic N) is 2. The molecule has 0 saturated heterocycles. The third-order valence-corrected chi connectivity index (χ3v) is 4.45. The van der Waals surface area contributed by atoms with Crippen molar-refractivity contribution in [3.63, 3.8) is 0 Å². The third kappa shape index (κ3) is 2.49. The normalized spacial score (nSPS) is 11.3. The summed E-state index contributed by atoms with van der Waals surface area (Å²) in [7, 11) is 0. The first-order valence-electron chi connectivity index (χ1n) is 5.89. The molecule has 3 rings (SSSR count). The molecule has 0 fully saturated rings. The Balaban J connectivity index is 2.45. The molecule has 21 heavy (non-hydrogen) atoms. The van der Waals surface area contributed by atoms with E-state index in [1.165, 1.54) is 10.6 Å². The predicted molar refractivity (Wildman–Crippen MR) is 85.9 cm³/mol. The van der Waals surface area contributed by atoms with Gasteiger partial charge in [-0.2, -0.15) is 0 Å². The Hall–Kier alpha value is -0.980. The lowest BCUT2D eigenvalue weighted by Gasteiger charge is -2.11. The van der Waals surface area contributed by atoms with E-state index >= 15 is 0 Å². The number of hydrogen-bond acceptors (Lipinski definition) is 1. The molecule has 0 atom stereocenters. The Morgan fingerprint density at radius 2 is 1.90 bits per heavy atom. The topological polar surface area (TPSA) is 17.8 Å². The molecule has 0 amide bonds. The molecule has 0 spiro atoms. The summed E-state index contributed by atoms with van der Waals surface area (Å²) in [4.78, 5) is 4.27. The summed E-state index contributed by atoms with van der Waals surface area (Å²) in [5.74, 6) is -1.34. The summed E-state index contributed by atoms with van der Waals surface area (Å²) >= 11 is 12.7. The molecule has 0 radical (unpaired) electrons. The highest BCUT2D eigenvalue weighted by atomic mass is 79.9. The number of rotatable bonds is 2. The largest absolute Gasteiger partial charge is 0.291 e. The number of alkyl halides is 1. The van der Waals surface area contributed by atoms with Gasteiger partial charge in [-0.05, 0) is 46.3 Å². The molecule has 0 aliphatic heterocycles. The quantitative estimate of drug-likeness (QED) is 0.481. The number of fused-ring (bicyclic) bond motifs is 1. The maximum absolute atomic E-state index is 14.2. The molecule has 1 aromatic heterocycles. The van der Waals surface area contributed by atoms with Gasteiger partial charge in [-0.15, -0.1) is 11.6 Å². The molecule has 0 unspecified atom stereocenters. The van der Waals surface area contributed by atoms with E-state index in [0.29, 0.717) is 17.0 Å². The highest BCUT2D eigenvalue weighted by molar-refractivity contribution is 9.11. The molecule has 1 heterocycles. The van der Waals surface area contributed by atoms with Crippen LogP contribution in [0.3, 0.4) is 0 Å². The Labute approximate surface area is 141 Å². The van der Waals surface area contributed by atoms with Crippen molar-refractivity contribution in [2.24, 2.45) is 0 Å². The van der Waals surface area contributed by atoms with Crippen molar-refractivity contribution in [2.45, 2.75) is 5.88 Å². The van der Waals surface area contributed by atoms with Crippen molar-refractivity contribution in [1.29, 1.82) is 0 Å². The summed E-state index contributed by atoms with van der Waals surface area (Å²) in [5, 5.41) is 0. The summed E-state index contributed by atoms with van der Waals surface area (Å²) in [6.45, 7) is 0.